The molecule has 0 bridgehead atoms. The standard InChI is InChI=1S/C18H25N5O3S/c1-5-10-23(12-16(24)22(2)3)11-15-20-21-18(27-15)17(25)19-13-6-8-14(26-4)9-7-13/h6-9H,5,10-12H2,1-4H3,(H,19,25). The summed E-state index contributed by atoms with van der Waals surface area (Å²) in [5.41, 5.74) is 0.654. The molecule has 0 unspecified atom stereocenters. The van der Waals surface area contributed by atoms with Crippen molar-refractivity contribution in [1.29, 1.82) is 0 Å². The Morgan fingerprint density at radius 3 is 2.48 bits per heavy atom. The predicted molar refractivity (Wildman–Crippen MR) is 105 cm³/mol. The van der Waals surface area contributed by atoms with E-state index in [4.69, 9.17) is 4.74 Å². The molecule has 0 saturated heterocycles. The molecule has 1 N–H and O–H groups in total. The van der Waals surface area contributed by atoms with Crippen LogP contribution in [0.1, 0.15) is 28.2 Å². The zero-order valence-electron chi connectivity index (χ0n) is 16.1. The Balaban J connectivity index is 1.98. The van der Waals surface area contributed by atoms with Crippen LogP contribution in [0.25, 0.3) is 0 Å². The first-order chi connectivity index (χ1) is 12.9. The van der Waals surface area contributed by atoms with Crippen LogP contribution in [0, 0.1) is 0 Å². The first kappa shape index (κ1) is 20.8. The van der Waals surface area contributed by atoms with E-state index in [0.717, 1.165) is 18.7 Å². The molecule has 8 nitrogen and oxygen atoms in total. The van der Waals surface area contributed by atoms with E-state index in [-0.39, 0.29) is 16.8 Å². The molecule has 2 aromatic rings. The number of nitrogens with one attached hydrogen (secondary N) is 1. The number of rotatable bonds is 9. The van der Waals surface area contributed by atoms with E-state index < -0.39 is 0 Å². The Morgan fingerprint density at radius 1 is 1.19 bits per heavy atom. The minimum absolute atomic E-state index is 0.0328. The van der Waals surface area contributed by atoms with Crippen LogP contribution in [0.2, 0.25) is 0 Å². The summed E-state index contributed by atoms with van der Waals surface area (Å²) in [6.07, 6.45) is 0.921. The predicted octanol–water partition coefficient (Wildman–Crippen LogP) is 2.10. The summed E-state index contributed by atoms with van der Waals surface area (Å²) < 4.78 is 5.10. The van der Waals surface area contributed by atoms with E-state index in [1.165, 1.54) is 11.3 Å². The number of hydrogen-bond acceptors (Lipinski definition) is 7. The third kappa shape index (κ3) is 6.30. The smallest absolute Gasteiger partial charge is 0.286 e. The fourth-order valence-corrected chi connectivity index (χ4v) is 3.10. The number of aromatic nitrogens is 2. The average molecular weight is 391 g/mol. The summed E-state index contributed by atoms with van der Waals surface area (Å²) in [7, 11) is 5.06. The number of carbonyl (C=O) groups is 2. The van der Waals surface area contributed by atoms with Gasteiger partial charge < -0.3 is 15.0 Å². The number of ether oxygens (including phenoxy) is 1. The summed E-state index contributed by atoms with van der Waals surface area (Å²) in [5, 5.41) is 11.9. The van der Waals surface area contributed by atoms with Crippen LogP contribution in [-0.4, -0.2) is 66.1 Å². The lowest BCUT2D eigenvalue weighted by Gasteiger charge is -2.21. The number of methoxy groups -OCH3 is 1. The van der Waals surface area contributed by atoms with Crippen molar-refractivity contribution in [3.05, 3.63) is 34.3 Å². The molecule has 2 rings (SSSR count). The number of carbonyl (C=O) groups excluding carboxylic acids is 2. The van der Waals surface area contributed by atoms with Crippen LogP contribution in [0.5, 0.6) is 5.75 Å². The maximum Gasteiger partial charge on any atom is 0.286 e. The van der Waals surface area contributed by atoms with Crippen molar-refractivity contribution in [1.82, 2.24) is 20.0 Å². The molecule has 0 fully saturated rings. The molecular weight excluding hydrogens is 366 g/mol. The fourth-order valence-electron chi connectivity index (χ4n) is 2.32. The van der Waals surface area contributed by atoms with Crippen molar-refractivity contribution in [2.45, 2.75) is 19.9 Å². The fraction of sp³-hybridized carbons (Fsp3) is 0.444. The maximum atomic E-state index is 12.4. The van der Waals surface area contributed by atoms with Gasteiger partial charge in [0.05, 0.1) is 20.2 Å². The van der Waals surface area contributed by atoms with Gasteiger partial charge in [-0.2, -0.15) is 0 Å². The first-order valence-electron chi connectivity index (χ1n) is 8.63. The minimum Gasteiger partial charge on any atom is -0.497 e. The molecule has 0 atom stereocenters. The highest BCUT2D eigenvalue weighted by atomic mass is 32.1. The maximum absolute atomic E-state index is 12.4. The zero-order valence-corrected chi connectivity index (χ0v) is 16.9. The summed E-state index contributed by atoms with van der Waals surface area (Å²) in [5.74, 6) is 0.440. The molecular formula is C18H25N5O3S. The summed E-state index contributed by atoms with van der Waals surface area (Å²) >= 11 is 1.23. The van der Waals surface area contributed by atoms with Gasteiger partial charge in [-0.1, -0.05) is 18.3 Å². The van der Waals surface area contributed by atoms with Crippen molar-refractivity contribution in [2.75, 3.05) is 39.6 Å². The monoisotopic (exact) mass is 391 g/mol. The third-order valence-corrected chi connectivity index (χ3v) is 4.67. The number of nitrogens with zero attached hydrogens (tertiary/aromatic N) is 4. The molecule has 1 aromatic heterocycles. The van der Waals surface area contributed by atoms with E-state index >= 15 is 0 Å². The second-order valence-electron chi connectivity index (χ2n) is 6.18. The van der Waals surface area contributed by atoms with Crippen molar-refractivity contribution >= 4 is 28.8 Å². The first-order valence-corrected chi connectivity index (χ1v) is 9.44. The topological polar surface area (TPSA) is 87.7 Å². The quantitative estimate of drug-likeness (QED) is 0.704. The normalized spacial score (nSPS) is 10.7. The molecule has 1 heterocycles. The summed E-state index contributed by atoms with van der Waals surface area (Å²) in [6, 6.07) is 7.06. The third-order valence-electron chi connectivity index (χ3n) is 3.77. The van der Waals surface area contributed by atoms with Crippen molar-refractivity contribution < 1.29 is 14.3 Å². The SMILES string of the molecule is CCCN(CC(=O)N(C)C)Cc1nnc(C(=O)Nc2ccc(OC)cc2)s1. The van der Waals surface area contributed by atoms with Gasteiger partial charge in [-0.05, 0) is 37.2 Å². The van der Waals surface area contributed by atoms with Gasteiger partial charge in [0.25, 0.3) is 5.91 Å². The lowest BCUT2D eigenvalue weighted by molar-refractivity contribution is -0.130. The molecule has 0 aliphatic heterocycles. The van der Waals surface area contributed by atoms with Crippen LogP contribution in [-0.2, 0) is 11.3 Å². The largest absolute Gasteiger partial charge is 0.497 e. The Kier molecular flexibility index (Phi) is 7.68. The van der Waals surface area contributed by atoms with Gasteiger partial charge in [-0.25, -0.2) is 0 Å². The molecule has 0 spiro atoms. The highest BCUT2D eigenvalue weighted by Gasteiger charge is 2.17. The molecule has 0 radical (unpaired) electrons. The average Bonchev–Trinajstić information content (AvgIpc) is 3.11. The van der Waals surface area contributed by atoms with Gasteiger partial charge in [0.15, 0.2) is 0 Å². The van der Waals surface area contributed by atoms with Gasteiger partial charge in [0.2, 0.25) is 10.9 Å². The van der Waals surface area contributed by atoms with Crippen molar-refractivity contribution in [2.24, 2.45) is 0 Å². The Morgan fingerprint density at radius 2 is 1.89 bits per heavy atom. The number of anilines is 1. The second kappa shape index (κ2) is 9.98. The van der Waals surface area contributed by atoms with Gasteiger partial charge in [0.1, 0.15) is 10.8 Å². The van der Waals surface area contributed by atoms with Gasteiger partial charge in [-0.15, -0.1) is 10.2 Å². The zero-order chi connectivity index (χ0) is 19.8. The second-order valence-corrected chi connectivity index (χ2v) is 7.24. The van der Waals surface area contributed by atoms with E-state index in [1.807, 2.05) is 4.90 Å². The number of likely N-dealkylation sites (N-methyl/N-ethyl adjacent to an activating group) is 1. The van der Waals surface area contributed by atoms with Gasteiger partial charge in [-0.3, -0.25) is 14.5 Å². The van der Waals surface area contributed by atoms with Crippen molar-refractivity contribution in [3.8, 4) is 5.75 Å². The van der Waals surface area contributed by atoms with E-state index in [1.54, 1.807) is 50.4 Å². The minimum atomic E-state index is -0.310. The Bertz CT molecular complexity index is 761. The highest BCUT2D eigenvalue weighted by Crippen LogP contribution is 2.18. The van der Waals surface area contributed by atoms with Gasteiger partial charge >= 0.3 is 0 Å². The highest BCUT2D eigenvalue weighted by molar-refractivity contribution is 7.13. The Labute approximate surface area is 163 Å². The van der Waals surface area contributed by atoms with E-state index in [9.17, 15) is 9.59 Å². The van der Waals surface area contributed by atoms with Crippen LogP contribution in [0.3, 0.4) is 0 Å². The summed E-state index contributed by atoms with van der Waals surface area (Å²) in [4.78, 5) is 27.9. The Hall–Kier alpha value is -2.52. The number of benzene rings is 1. The number of amides is 2. The molecule has 146 valence electrons. The van der Waals surface area contributed by atoms with Crippen LogP contribution >= 0.6 is 11.3 Å². The van der Waals surface area contributed by atoms with Crippen LogP contribution < -0.4 is 10.1 Å². The van der Waals surface area contributed by atoms with Crippen LogP contribution in [0.4, 0.5) is 5.69 Å². The molecule has 0 aliphatic rings. The lowest BCUT2D eigenvalue weighted by atomic mass is 10.3. The molecule has 0 saturated carbocycles. The number of hydrogen-bond donors (Lipinski definition) is 1. The molecule has 1 aromatic carbocycles. The molecule has 9 heteroatoms. The van der Waals surface area contributed by atoms with E-state index in [2.05, 4.69) is 22.4 Å². The lowest BCUT2D eigenvalue weighted by Crippen LogP contribution is -2.36. The molecule has 2 amide bonds. The van der Waals surface area contributed by atoms with Crippen LogP contribution in [0.15, 0.2) is 24.3 Å². The molecule has 0 aliphatic carbocycles. The van der Waals surface area contributed by atoms with Crippen molar-refractivity contribution in [3.63, 3.8) is 0 Å². The van der Waals surface area contributed by atoms with Gasteiger partial charge in [0, 0.05) is 19.8 Å². The summed E-state index contributed by atoms with van der Waals surface area (Å²) in [6.45, 7) is 3.63. The molecule has 27 heavy (non-hydrogen) atoms. The van der Waals surface area contributed by atoms with E-state index in [0.29, 0.717) is 23.8 Å².